The Balaban J connectivity index is 2.37. The van der Waals surface area contributed by atoms with E-state index in [1.807, 2.05) is 38.1 Å². The molecule has 0 aliphatic carbocycles. The summed E-state index contributed by atoms with van der Waals surface area (Å²) in [6, 6.07) is 13.9. The standard InChI is InChI=1S/C22H29N3O3/c1-6-16-14-10-11-15(2)18(16)23-24-20(26)19(17-12-8-7-9-13-17)25(21(27)28)22(3,4)5/h7-14,19,23H,6H2,1-5H3,(H,24,26)(H,27,28). The zero-order chi connectivity index (χ0) is 20.9. The lowest BCUT2D eigenvalue weighted by Gasteiger charge is -2.39. The molecular weight excluding hydrogens is 354 g/mol. The molecule has 2 aromatic rings. The van der Waals surface area contributed by atoms with Gasteiger partial charge >= 0.3 is 6.09 Å². The SMILES string of the molecule is CCc1cccc(C)c1NNC(=O)C(c1ccccc1)N(C(=O)O)C(C)(C)C. The molecule has 3 N–H and O–H groups in total. The van der Waals surface area contributed by atoms with Crippen LogP contribution >= 0.6 is 0 Å². The number of nitrogens with zero attached hydrogens (tertiary/aromatic N) is 1. The van der Waals surface area contributed by atoms with E-state index in [2.05, 4.69) is 10.9 Å². The van der Waals surface area contributed by atoms with Crippen LogP contribution in [0.2, 0.25) is 0 Å². The van der Waals surface area contributed by atoms with Crippen molar-refractivity contribution < 1.29 is 14.7 Å². The number of benzene rings is 2. The number of amides is 2. The minimum Gasteiger partial charge on any atom is -0.465 e. The van der Waals surface area contributed by atoms with Crippen LogP contribution < -0.4 is 10.9 Å². The number of carbonyl (C=O) groups excluding carboxylic acids is 1. The summed E-state index contributed by atoms with van der Waals surface area (Å²) in [6.45, 7) is 9.32. The van der Waals surface area contributed by atoms with Gasteiger partial charge in [0, 0.05) is 5.54 Å². The molecule has 0 aliphatic heterocycles. The number of aryl methyl sites for hydroxylation is 2. The Kier molecular flexibility index (Phi) is 6.67. The number of hydrogen-bond acceptors (Lipinski definition) is 3. The highest BCUT2D eigenvalue weighted by Gasteiger charge is 2.38. The van der Waals surface area contributed by atoms with Gasteiger partial charge in [0.1, 0.15) is 6.04 Å². The van der Waals surface area contributed by atoms with Gasteiger partial charge in [-0.05, 0) is 50.8 Å². The zero-order valence-corrected chi connectivity index (χ0v) is 17.1. The summed E-state index contributed by atoms with van der Waals surface area (Å²) in [6.07, 6.45) is -0.341. The molecule has 2 amide bonds. The maximum Gasteiger partial charge on any atom is 0.408 e. The first-order valence-electron chi connectivity index (χ1n) is 9.38. The van der Waals surface area contributed by atoms with Gasteiger partial charge in [-0.25, -0.2) is 4.79 Å². The average Bonchev–Trinajstić information content (AvgIpc) is 2.63. The van der Waals surface area contributed by atoms with Crippen LogP contribution in [0, 0.1) is 6.92 Å². The molecule has 2 aromatic carbocycles. The van der Waals surface area contributed by atoms with Crippen molar-refractivity contribution >= 4 is 17.7 Å². The molecule has 6 heteroatoms. The van der Waals surface area contributed by atoms with Crippen LogP contribution in [0.25, 0.3) is 0 Å². The Hall–Kier alpha value is -3.02. The van der Waals surface area contributed by atoms with E-state index in [-0.39, 0.29) is 0 Å². The highest BCUT2D eigenvalue weighted by atomic mass is 16.4. The van der Waals surface area contributed by atoms with Gasteiger partial charge in [0.25, 0.3) is 5.91 Å². The smallest absolute Gasteiger partial charge is 0.408 e. The van der Waals surface area contributed by atoms with E-state index in [0.717, 1.165) is 23.2 Å². The summed E-state index contributed by atoms with van der Waals surface area (Å²) in [7, 11) is 0. The Bertz CT molecular complexity index is 829. The van der Waals surface area contributed by atoms with Gasteiger partial charge in [0.05, 0.1) is 5.69 Å². The number of carbonyl (C=O) groups is 2. The summed E-state index contributed by atoms with van der Waals surface area (Å²) < 4.78 is 0. The number of hydrogen-bond donors (Lipinski definition) is 3. The highest BCUT2D eigenvalue weighted by Crippen LogP contribution is 2.29. The van der Waals surface area contributed by atoms with Crippen LogP contribution in [0.1, 0.15) is 50.4 Å². The number of para-hydroxylation sites is 1. The summed E-state index contributed by atoms with van der Waals surface area (Å²) in [5.74, 6) is -0.436. The molecule has 0 fully saturated rings. The monoisotopic (exact) mass is 383 g/mol. The zero-order valence-electron chi connectivity index (χ0n) is 17.1. The molecule has 150 valence electrons. The molecule has 0 radical (unpaired) electrons. The number of rotatable bonds is 6. The quantitative estimate of drug-likeness (QED) is 0.641. The normalized spacial score (nSPS) is 12.2. The molecule has 1 atom stereocenters. The topological polar surface area (TPSA) is 81.7 Å². The fourth-order valence-corrected chi connectivity index (χ4v) is 3.23. The van der Waals surface area contributed by atoms with Crippen molar-refractivity contribution in [2.75, 3.05) is 5.43 Å². The lowest BCUT2D eigenvalue weighted by atomic mass is 9.98. The van der Waals surface area contributed by atoms with Gasteiger partial charge in [0.15, 0.2) is 0 Å². The van der Waals surface area contributed by atoms with E-state index >= 15 is 0 Å². The largest absolute Gasteiger partial charge is 0.465 e. The van der Waals surface area contributed by atoms with Crippen LogP contribution in [0.15, 0.2) is 48.5 Å². The molecule has 0 bridgehead atoms. The lowest BCUT2D eigenvalue weighted by molar-refractivity contribution is -0.127. The van der Waals surface area contributed by atoms with E-state index in [0.29, 0.717) is 5.56 Å². The third-order valence-corrected chi connectivity index (χ3v) is 4.60. The van der Waals surface area contributed by atoms with E-state index in [1.54, 1.807) is 45.0 Å². The van der Waals surface area contributed by atoms with Crippen molar-refractivity contribution in [1.29, 1.82) is 0 Å². The Labute approximate surface area is 166 Å². The minimum absolute atomic E-state index is 0.436. The molecule has 28 heavy (non-hydrogen) atoms. The number of hydrazine groups is 1. The summed E-state index contributed by atoms with van der Waals surface area (Å²) in [5, 5.41) is 9.83. The third kappa shape index (κ3) is 4.82. The second kappa shape index (κ2) is 8.78. The molecule has 0 aromatic heterocycles. The van der Waals surface area contributed by atoms with Gasteiger partial charge in [-0.2, -0.15) is 0 Å². The Morgan fingerprint density at radius 1 is 1.07 bits per heavy atom. The van der Waals surface area contributed by atoms with Crippen molar-refractivity contribution in [2.24, 2.45) is 0 Å². The minimum atomic E-state index is -1.15. The third-order valence-electron chi connectivity index (χ3n) is 4.60. The molecule has 0 saturated carbocycles. The first-order valence-corrected chi connectivity index (χ1v) is 9.38. The van der Waals surface area contributed by atoms with Crippen molar-refractivity contribution in [1.82, 2.24) is 10.3 Å². The maximum atomic E-state index is 13.1. The molecule has 1 unspecified atom stereocenters. The van der Waals surface area contributed by atoms with Crippen molar-refractivity contribution in [3.05, 3.63) is 65.2 Å². The molecule has 6 nitrogen and oxygen atoms in total. The molecule has 2 rings (SSSR count). The van der Waals surface area contributed by atoms with Crippen LogP contribution in [-0.4, -0.2) is 27.5 Å². The fourth-order valence-electron chi connectivity index (χ4n) is 3.23. The number of carboxylic acid groups (broad SMARTS) is 1. The highest BCUT2D eigenvalue weighted by molar-refractivity contribution is 5.88. The van der Waals surface area contributed by atoms with Gasteiger partial charge in [-0.1, -0.05) is 55.5 Å². The van der Waals surface area contributed by atoms with Gasteiger partial charge in [-0.3, -0.25) is 20.5 Å². The first kappa shape index (κ1) is 21.3. The average molecular weight is 383 g/mol. The Morgan fingerprint density at radius 3 is 2.25 bits per heavy atom. The second-order valence-electron chi connectivity index (χ2n) is 7.71. The van der Waals surface area contributed by atoms with Gasteiger partial charge < -0.3 is 5.11 Å². The van der Waals surface area contributed by atoms with Gasteiger partial charge in [-0.15, -0.1) is 0 Å². The van der Waals surface area contributed by atoms with Crippen LogP contribution in [-0.2, 0) is 11.2 Å². The van der Waals surface area contributed by atoms with Crippen molar-refractivity contribution in [2.45, 2.75) is 52.6 Å². The molecule has 0 saturated heterocycles. The van der Waals surface area contributed by atoms with Crippen LogP contribution in [0.5, 0.6) is 0 Å². The van der Waals surface area contributed by atoms with Crippen LogP contribution in [0.3, 0.4) is 0 Å². The van der Waals surface area contributed by atoms with E-state index in [4.69, 9.17) is 0 Å². The van der Waals surface area contributed by atoms with Crippen LogP contribution in [0.4, 0.5) is 10.5 Å². The molecule has 0 spiro atoms. The predicted octanol–water partition coefficient (Wildman–Crippen LogP) is 4.52. The van der Waals surface area contributed by atoms with Crippen molar-refractivity contribution in [3.8, 4) is 0 Å². The summed E-state index contributed by atoms with van der Waals surface area (Å²) >= 11 is 0. The molecule has 0 aliphatic rings. The Morgan fingerprint density at radius 2 is 1.71 bits per heavy atom. The summed E-state index contributed by atoms with van der Waals surface area (Å²) in [5.41, 5.74) is 8.49. The van der Waals surface area contributed by atoms with Gasteiger partial charge in [0.2, 0.25) is 0 Å². The molecular formula is C22H29N3O3. The van der Waals surface area contributed by atoms with E-state index in [1.165, 1.54) is 4.90 Å². The summed E-state index contributed by atoms with van der Waals surface area (Å²) in [4.78, 5) is 26.3. The maximum absolute atomic E-state index is 13.1. The first-order chi connectivity index (χ1) is 13.2. The van der Waals surface area contributed by atoms with E-state index < -0.39 is 23.6 Å². The van der Waals surface area contributed by atoms with E-state index in [9.17, 15) is 14.7 Å². The lowest BCUT2D eigenvalue weighted by Crippen LogP contribution is -2.52. The number of anilines is 1. The number of nitrogens with one attached hydrogen (secondary N) is 2. The fraction of sp³-hybridized carbons (Fsp3) is 0.364. The predicted molar refractivity (Wildman–Crippen MR) is 111 cm³/mol. The molecule has 0 heterocycles. The van der Waals surface area contributed by atoms with Crippen molar-refractivity contribution in [3.63, 3.8) is 0 Å². The second-order valence-corrected chi connectivity index (χ2v) is 7.71.